The molecule has 1 fully saturated rings. The van der Waals surface area contributed by atoms with Crippen molar-refractivity contribution in [1.82, 2.24) is 4.98 Å². The van der Waals surface area contributed by atoms with Crippen LogP contribution in [0.4, 0.5) is 5.82 Å². The number of hydrogen-bond donors (Lipinski definition) is 1. The molecular weight excluding hydrogens is 222 g/mol. The molecule has 1 aliphatic rings. The first-order valence-corrected chi connectivity index (χ1v) is 7.05. The molecule has 1 saturated heterocycles. The summed E-state index contributed by atoms with van der Waals surface area (Å²) >= 11 is 0. The van der Waals surface area contributed by atoms with Crippen LogP contribution in [-0.4, -0.2) is 18.1 Å². The second-order valence-corrected chi connectivity index (χ2v) is 5.51. The van der Waals surface area contributed by atoms with Crippen LogP contribution in [0.2, 0.25) is 0 Å². The SMILES string of the molecule is CCC1(CC)CCN(c2nccc(C)c2CN)C1. The first-order valence-electron chi connectivity index (χ1n) is 7.05. The van der Waals surface area contributed by atoms with Crippen molar-refractivity contribution < 1.29 is 0 Å². The van der Waals surface area contributed by atoms with Crippen molar-refractivity contribution in [2.45, 2.75) is 46.6 Å². The molecule has 0 aromatic carbocycles. The van der Waals surface area contributed by atoms with Crippen LogP contribution < -0.4 is 10.6 Å². The predicted molar refractivity (Wildman–Crippen MR) is 76.7 cm³/mol. The molecule has 1 aliphatic heterocycles. The van der Waals surface area contributed by atoms with Crippen LogP contribution in [-0.2, 0) is 6.54 Å². The standard InChI is InChI=1S/C15H25N3/c1-4-15(5-2)7-9-18(11-15)14-13(10-16)12(3)6-8-17-14/h6,8H,4-5,7,9-11,16H2,1-3H3. The molecule has 0 aliphatic carbocycles. The molecule has 0 unspecified atom stereocenters. The monoisotopic (exact) mass is 247 g/mol. The molecule has 100 valence electrons. The highest BCUT2D eigenvalue weighted by atomic mass is 15.2. The van der Waals surface area contributed by atoms with Gasteiger partial charge in [-0.25, -0.2) is 4.98 Å². The van der Waals surface area contributed by atoms with E-state index >= 15 is 0 Å². The molecule has 3 heteroatoms. The predicted octanol–water partition coefficient (Wildman–Crippen LogP) is 2.87. The van der Waals surface area contributed by atoms with Gasteiger partial charge >= 0.3 is 0 Å². The Balaban J connectivity index is 2.27. The highest BCUT2D eigenvalue weighted by Crippen LogP contribution is 2.39. The molecule has 0 saturated carbocycles. The number of nitrogens with two attached hydrogens (primary N) is 1. The summed E-state index contributed by atoms with van der Waals surface area (Å²) in [6.07, 6.45) is 5.69. The fraction of sp³-hybridized carbons (Fsp3) is 0.667. The normalized spacial score (nSPS) is 18.3. The average molecular weight is 247 g/mol. The second kappa shape index (κ2) is 5.27. The van der Waals surface area contributed by atoms with Gasteiger partial charge in [0, 0.05) is 31.4 Å². The van der Waals surface area contributed by atoms with Gasteiger partial charge in [0.15, 0.2) is 0 Å². The molecule has 3 nitrogen and oxygen atoms in total. The van der Waals surface area contributed by atoms with E-state index in [1.165, 1.54) is 30.4 Å². The van der Waals surface area contributed by atoms with Gasteiger partial charge < -0.3 is 10.6 Å². The molecule has 0 bridgehead atoms. The summed E-state index contributed by atoms with van der Waals surface area (Å²) < 4.78 is 0. The Morgan fingerprint density at radius 2 is 2.11 bits per heavy atom. The van der Waals surface area contributed by atoms with Gasteiger partial charge in [-0.2, -0.15) is 0 Å². The third kappa shape index (κ3) is 2.24. The minimum Gasteiger partial charge on any atom is -0.356 e. The first kappa shape index (κ1) is 13.3. The summed E-state index contributed by atoms with van der Waals surface area (Å²) in [7, 11) is 0. The fourth-order valence-electron chi connectivity index (χ4n) is 3.04. The number of nitrogens with zero attached hydrogens (tertiary/aromatic N) is 2. The second-order valence-electron chi connectivity index (χ2n) is 5.51. The third-order valence-electron chi connectivity index (χ3n) is 4.71. The Kier molecular flexibility index (Phi) is 3.91. The largest absolute Gasteiger partial charge is 0.356 e. The van der Waals surface area contributed by atoms with E-state index in [0.717, 1.165) is 18.9 Å². The van der Waals surface area contributed by atoms with Crippen molar-refractivity contribution in [2.24, 2.45) is 11.1 Å². The number of anilines is 1. The average Bonchev–Trinajstić information content (AvgIpc) is 2.83. The minimum absolute atomic E-state index is 0.483. The molecule has 2 rings (SSSR count). The molecule has 2 N–H and O–H groups in total. The number of aryl methyl sites for hydroxylation is 1. The van der Waals surface area contributed by atoms with Gasteiger partial charge in [0.25, 0.3) is 0 Å². The van der Waals surface area contributed by atoms with E-state index in [4.69, 9.17) is 5.73 Å². The summed E-state index contributed by atoms with van der Waals surface area (Å²) in [5.41, 5.74) is 8.83. The van der Waals surface area contributed by atoms with Gasteiger partial charge in [0.1, 0.15) is 5.82 Å². The van der Waals surface area contributed by atoms with E-state index in [9.17, 15) is 0 Å². The van der Waals surface area contributed by atoms with Gasteiger partial charge in [0.05, 0.1) is 0 Å². The molecule has 18 heavy (non-hydrogen) atoms. The Morgan fingerprint density at radius 3 is 2.67 bits per heavy atom. The Morgan fingerprint density at radius 1 is 1.39 bits per heavy atom. The molecule has 1 aromatic rings. The van der Waals surface area contributed by atoms with Crippen LogP contribution in [0.15, 0.2) is 12.3 Å². The molecule has 2 heterocycles. The Bertz CT molecular complexity index is 410. The Labute approximate surface area is 110 Å². The van der Waals surface area contributed by atoms with Crippen LogP contribution in [0.5, 0.6) is 0 Å². The molecule has 0 radical (unpaired) electrons. The van der Waals surface area contributed by atoms with Gasteiger partial charge in [-0.3, -0.25) is 0 Å². The quantitative estimate of drug-likeness (QED) is 0.889. The molecular formula is C15H25N3. The third-order valence-corrected chi connectivity index (χ3v) is 4.71. The maximum absolute atomic E-state index is 5.89. The maximum Gasteiger partial charge on any atom is 0.133 e. The number of aromatic nitrogens is 1. The highest BCUT2D eigenvalue weighted by molar-refractivity contribution is 5.51. The summed E-state index contributed by atoms with van der Waals surface area (Å²) in [6.45, 7) is 9.56. The summed E-state index contributed by atoms with van der Waals surface area (Å²) in [6, 6.07) is 2.05. The zero-order chi connectivity index (χ0) is 13.2. The zero-order valence-corrected chi connectivity index (χ0v) is 11.9. The minimum atomic E-state index is 0.483. The van der Waals surface area contributed by atoms with Crippen LogP contribution in [0, 0.1) is 12.3 Å². The molecule has 0 spiro atoms. The Hall–Kier alpha value is -1.09. The zero-order valence-electron chi connectivity index (χ0n) is 11.9. The van der Waals surface area contributed by atoms with E-state index in [2.05, 4.69) is 36.7 Å². The van der Waals surface area contributed by atoms with Crippen molar-refractivity contribution in [3.8, 4) is 0 Å². The van der Waals surface area contributed by atoms with Crippen molar-refractivity contribution in [1.29, 1.82) is 0 Å². The van der Waals surface area contributed by atoms with Gasteiger partial charge in [0.2, 0.25) is 0 Å². The van der Waals surface area contributed by atoms with Gasteiger partial charge in [-0.05, 0) is 43.2 Å². The fourth-order valence-corrected chi connectivity index (χ4v) is 3.04. The lowest BCUT2D eigenvalue weighted by atomic mass is 9.82. The van der Waals surface area contributed by atoms with Crippen LogP contribution in [0.1, 0.15) is 44.2 Å². The van der Waals surface area contributed by atoms with E-state index in [-0.39, 0.29) is 0 Å². The lowest BCUT2D eigenvalue weighted by Crippen LogP contribution is -2.28. The maximum atomic E-state index is 5.89. The number of pyridine rings is 1. The first-order chi connectivity index (χ1) is 8.65. The van der Waals surface area contributed by atoms with E-state index < -0.39 is 0 Å². The highest BCUT2D eigenvalue weighted by Gasteiger charge is 2.36. The van der Waals surface area contributed by atoms with Crippen molar-refractivity contribution >= 4 is 5.82 Å². The van der Waals surface area contributed by atoms with Crippen molar-refractivity contribution in [2.75, 3.05) is 18.0 Å². The van der Waals surface area contributed by atoms with Gasteiger partial charge in [-0.15, -0.1) is 0 Å². The lowest BCUT2D eigenvalue weighted by Gasteiger charge is -2.27. The molecule has 0 atom stereocenters. The lowest BCUT2D eigenvalue weighted by molar-refractivity contribution is 0.301. The number of hydrogen-bond acceptors (Lipinski definition) is 3. The summed E-state index contributed by atoms with van der Waals surface area (Å²) in [4.78, 5) is 7.01. The summed E-state index contributed by atoms with van der Waals surface area (Å²) in [5.74, 6) is 1.11. The molecule has 1 aromatic heterocycles. The van der Waals surface area contributed by atoms with Crippen molar-refractivity contribution in [3.05, 3.63) is 23.4 Å². The van der Waals surface area contributed by atoms with E-state index in [1.807, 2.05) is 6.20 Å². The smallest absolute Gasteiger partial charge is 0.133 e. The molecule has 0 amide bonds. The van der Waals surface area contributed by atoms with Crippen LogP contribution in [0.25, 0.3) is 0 Å². The van der Waals surface area contributed by atoms with E-state index in [1.54, 1.807) is 0 Å². The van der Waals surface area contributed by atoms with Crippen molar-refractivity contribution in [3.63, 3.8) is 0 Å². The summed E-state index contributed by atoms with van der Waals surface area (Å²) in [5, 5.41) is 0. The van der Waals surface area contributed by atoms with Crippen LogP contribution >= 0.6 is 0 Å². The van der Waals surface area contributed by atoms with E-state index in [0.29, 0.717) is 12.0 Å². The topological polar surface area (TPSA) is 42.2 Å². The van der Waals surface area contributed by atoms with Crippen LogP contribution in [0.3, 0.4) is 0 Å². The van der Waals surface area contributed by atoms with Gasteiger partial charge in [-0.1, -0.05) is 13.8 Å². The number of rotatable bonds is 4.